The molecule has 0 spiro atoms. The van der Waals surface area contributed by atoms with Gasteiger partial charge in [0, 0.05) is 13.5 Å². The summed E-state index contributed by atoms with van der Waals surface area (Å²) in [5.41, 5.74) is -0.295. The van der Waals surface area contributed by atoms with E-state index >= 15 is 0 Å². The average Bonchev–Trinajstić information content (AvgIpc) is 1.95. The number of aliphatic hydroxyl groups excluding tert-OH is 1. The molecule has 4 heteroatoms. The molecule has 0 radical (unpaired) electrons. The van der Waals surface area contributed by atoms with Crippen molar-refractivity contribution in [1.82, 2.24) is 0 Å². The zero-order chi connectivity index (χ0) is 8.77. The normalized spacial score (nSPS) is 52.8. The predicted octanol–water partition coefficient (Wildman–Crippen LogP) is -0.102. The standard InChI is InChI=1S/C8H14O4/c1-5-7-8(10-2,4-11-7)3-6(9)12-5/h5-7,9H,3-4H2,1-2H3/t5-,6+,7-,8-/m0/s1. The summed E-state index contributed by atoms with van der Waals surface area (Å²) in [6.07, 6.45) is -0.285. The third kappa shape index (κ3) is 0.992. The number of rotatable bonds is 1. The summed E-state index contributed by atoms with van der Waals surface area (Å²) >= 11 is 0. The molecule has 2 rings (SSSR count). The molecule has 4 nitrogen and oxygen atoms in total. The Kier molecular flexibility index (Phi) is 1.88. The minimum atomic E-state index is -0.708. The number of ether oxygens (including phenoxy) is 3. The van der Waals surface area contributed by atoms with Crippen LogP contribution < -0.4 is 0 Å². The van der Waals surface area contributed by atoms with Gasteiger partial charge in [-0.25, -0.2) is 0 Å². The largest absolute Gasteiger partial charge is 0.373 e. The molecule has 2 fully saturated rings. The summed E-state index contributed by atoms with van der Waals surface area (Å²) in [4.78, 5) is 0. The molecule has 1 N–H and O–H groups in total. The number of methoxy groups -OCH3 is 1. The second kappa shape index (κ2) is 2.67. The maximum absolute atomic E-state index is 9.34. The first-order valence-electron chi connectivity index (χ1n) is 4.18. The molecule has 0 aromatic heterocycles. The SMILES string of the molecule is CO[C@@]12CO[C@H]1[C@H](C)O[C@@H](O)C2. The average molecular weight is 174 g/mol. The van der Waals surface area contributed by atoms with Crippen molar-refractivity contribution in [3.63, 3.8) is 0 Å². The summed E-state index contributed by atoms with van der Waals surface area (Å²) in [5, 5.41) is 9.34. The van der Waals surface area contributed by atoms with Gasteiger partial charge in [-0.05, 0) is 6.92 Å². The fourth-order valence-electron chi connectivity index (χ4n) is 2.03. The van der Waals surface area contributed by atoms with E-state index in [0.717, 1.165) is 0 Å². The van der Waals surface area contributed by atoms with Crippen LogP contribution in [0.2, 0.25) is 0 Å². The van der Waals surface area contributed by atoms with E-state index in [-0.39, 0.29) is 17.8 Å². The lowest BCUT2D eigenvalue weighted by atomic mass is 9.83. The Morgan fingerprint density at radius 1 is 1.58 bits per heavy atom. The molecule has 2 aliphatic heterocycles. The van der Waals surface area contributed by atoms with Crippen molar-refractivity contribution >= 4 is 0 Å². The van der Waals surface area contributed by atoms with Crippen molar-refractivity contribution in [3.05, 3.63) is 0 Å². The van der Waals surface area contributed by atoms with Crippen LogP contribution >= 0.6 is 0 Å². The van der Waals surface area contributed by atoms with Gasteiger partial charge in [0.1, 0.15) is 11.7 Å². The Bertz CT molecular complexity index is 180. The Morgan fingerprint density at radius 3 is 2.83 bits per heavy atom. The van der Waals surface area contributed by atoms with Gasteiger partial charge in [-0.1, -0.05) is 0 Å². The van der Waals surface area contributed by atoms with Crippen molar-refractivity contribution < 1.29 is 19.3 Å². The molecule has 0 bridgehead atoms. The highest BCUT2D eigenvalue weighted by molar-refractivity contribution is 5.03. The highest BCUT2D eigenvalue weighted by atomic mass is 16.7. The maximum Gasteiger partial charge on any atom is 0.157 e. The van der Waals surface area contributed by atoms with Gasteiger partial charge in [-0.3, -0.25) is 0 Å². The molecule has 2 aliphatic rings. The van der Waals surface area contributed by atoms with E-state index in [9.17, 15) is 5.11 Å². The van der Waals surface area contributed by atoms with E-state index in [4.69, 9.17) is 14.2 Å². The van der Waals surface area contributed by atoms with Gasteiger partial charge in [-0.15, -0.1) is 0 Å². The molecular weight excluding hydrogens is 160 g/mol. The highest BCUT2D eigenvalue weighted by Gasteiger charge is 2.56. The molecule has 0 saturated carbocycles. The second-order valence-electron chi connectivity index (χ2n) is 3.50. The molecular formula is C8H14O4. The third-order valence-electron chi connectivity index (χ3n) is 2.75. The first kappa shape index (κ1) is 8.44. The predicted molar refractivity (Wildman–Crippen MR) is 40.7 cm³/mol. The second-order valence-corrected chi connectivity index (χ2v) is 3.50. The first-order chi connectivity index (χ1) is 5.68. The van der Waals surface area contributed by atoms with E-state index in [1.807, 2.05) is 6.92 Å². The quantitative estimate of drug-likeness (QED) is 0.603. The van der Waals surface area contributed by atoms with E-state index in [1.165, 1.54) is 0 Å². The fraction of sp³-hybridized carbons (Fsp3) is 1.00. The van der Waals surface area contributed by atoms with Crippen LogP contribution in [0.25, 0.3) is 0 Å². The van der Waals surface area contributed by atoms with Gasteiger partial charge in [0.2, 0.25) is 0 Å². The Hall–Kier alpha value is -0.160. The van der Waals surface area contributed by atoms with Crippen molar-refractivity contribution in [2.45, 2.75) is 37.4 Å². The number of fused-ring (bicyclic) bond motifs is 1. The van der Waals surface area contributed by atoms with E-state index in [1.54, 1.807) is 7.11 Å². The third-order valence-corrected chi connectivity index (χ3v) is 2.75. The Labute approximate surface area is 71.4 Å². The molecule has 0 amide bonds. The van der Waals surface area contributed by atoms with Crippen molar-refractivity contribution in [3.8, 4) is 0 Å². The smallest absolute Gasteiger partial charge is 0.157 e. The minimum absolute atomic E-state index is 0.00843. The highest BCUT2D eigenvalue weighted by Crippen LogP contribution is 2.40. The van der Waals surface area contributed by atoms with E-state index in [0.29, 0.717) is 13.0 Å². The molecule has 70 valence electrons. The fourth-order valence-corrected chi connectivity index (χ4v) is 2.03. The summed E-state index contributed by atoms with van der Waals surface area (Å²) < 4.78 is 15.9. The summed E-state index contributed by atoms with van der Waals surface area (Å²) in [7, 11) is 1.65. The van der Waals surface area contributed by atoms with Gasteiger partial charge < -0.3 is 19.3 Å². The Morgan fingerprint density at radius 2 is 2.33 bits per heavy atom. The van der Waals surface area contributed by atoms with Gasteiger partial charge in [0.15, 0.2) is 6.29 Å². The van der Waals surface area contributed by atoms with Crippen LogP contribution in [0.3, 0.4) is 0 Å². The lowest BCUT2D eigenvalue weighted by Gasteiger charge is -2.54. The van der Waals surface area contributed by atoms with Crippen molar-refractivity contribution in [2.24, 2.45) is 0 Å². The molecule has 2 heterocycles. The number of hydrogen-bond acceptors (Lipinski definition) is 4. The number of hydrogen-bond donors (Lipinski definition) is 1. The zero-order valence-corrected chi connectivity index (χ0v) is 7.32. The summed E-state index contributed by atoms with van der Waals surface area (Å²) in [5.74, 6) is 0. The summed E-state index contributed by atoms with van der Waals surface area (Å²) in [6.45, 7) is 2.46. The molecule has 0 aromatic carbocycles. The van der Waals surface area contributed by atoms with Crippen molar-refractivity contribution in [1.29, 1.82) is 0 Å². The van der Waals surface area contributed by atoms with Crippen LogP contribution in [-0.4, -0.2) is 42.9 Å². The lowest BCUT2D eigenvalue weighted by molar-refractivity contribution is -0.348. The molecule has 4 atom stereocenters. The maximum atomic E-state index is 9.34. The minimum Gasteiger partial charge on any atom is -0.373 e. The lowest BCUT2D eigenvalue weighted by Crippen LogP contribution is -2.68. The zero-order valence-electron chi connectivity index (χ0n) is 7.32. The van der Waals surface area contributed by atoms with Crippen LogP contribution in [0.5, 0.6) is 0 Å². The van der Waals surface area contributed by atoms with E-state index < -0.39 is 6.29 Å². The van der Waals surface area contributed by atoms with Crippen LogP contribution in [0, 0.1) is 0 Å². The first-order valence-corrected chi connectivity index (χ1v) is 4.18. The monoisotopic (exact) mass is 174 g/mol. The van der Waals surface area contributed by atoms with E-state index in [2.05, 4.69) is 0 Å². The molecule has 2 saturated heterocycles. The van der Waals surface area contributed by atoms with Gasteiger partial charge >= 0.3 is 0 Å². The van der Waals surface area contributed by atoms with Crippen LogP contribution in [-0.2, 0) is 14.2 Å². The molecule has 0 unspecified atom stereocenters. The van der Waals surface area contributed by atoms with Gasteiger partial charge in [0.25, 0.3) is 0 Å². The topological polar surface area (TPSA) is 47.9 Å². The molecule has 0 aliphatic carbocycles. The van der Waals surface area contributed by atoms with Crippen LogP contribution in [0.15, 0.2) is 0 Å². The Balaban J connectivity index is 2.12. The van der Waals surface area contributed by atoms with Crippen molar-refractivity contribution in [2.75, 3.05) is 13.7 Å². The molecule has 0 aromatic rings. The number of aliphatic hydroxyl groups is 1. The van der Waals surface area contributed by atoms with Gasteiger partial charge in [-0.2, -0.15) is 0 Å². The van der Waals surface area contributed by atoms with Crippen LogP contribution in [0.1, 0.15) is 13.3 Å². The molecule has 12 heavy (non-hydrogen) atoms. The van der Waals surface area contributed by atoms with Crippen LogP contribution in [0.4, 0.5) is 0 Å². The summed E-state index contributed by atoms with van der Waals surface area (Å²) in [6, 6.07) is 0. The van der Waals surface area contributed by atoms with Gasteiger partial charge in [0.05, 0.1) is 12.7 Å².